The van der Waals surface area contributed by atoms with E-state index in [1.807, 2.05) is 38.1 Å². The van der Waals surface area contributed by atoms with Crippen molar-refractivity contribution in [2.45, 2.75) is 33.7 Å². The number of hydrogen-bond acceptors (Lipinski definition) is 6. The fourth-order valence-corrected chi connectivity index (χ4v) is 4.92. The van der Waals surface area contributed by atoms with Gasteiger partial charge in [-0.2, -0.15) is 0 Å². The maximum absolute atomic E-state index is 13.5. The Kier molecular flexibility index (Phi) is 7.97. The van der Waals surface area contributed by atoms with Gasteiger partial charge in [-0.05, 0) is 81.3 Å². The molecule has 0 radical (unpaired) electrons. The third kappa shape index (κ3) is 4.94. The first-order valence-corrected chi connectivity index (χ1v) is 13.0. The Labute approximate surface area is 227 Å². The first-order valence-electron chi connectivity index (χ1n) is 12.6. The molecule has 4 rings (SSSR count). The van der Waals surface area contributed by atoms with E-state index in [9.17, 15) is 19.8 Å². The summed E-state index contributed by atoms with van der Waals surface area (Å²) in [6, 6.07) is 16.1. The van der Waals surface area contributed by atoms with Crippen LogP contribution in [-0.2, 0) is 9.59 Å². The van der Waals surface area contributed by atoms with Gasteiger partial charge in [-0.1, -0.05) is 29.8 Å². The summed E-state index contributed by atoms with van der Waals surface area (Å²) in [6.07, 6.45) is 0. The molecule has 7 nitrogen and oxygen atoms in total. The number of carbonyl (C=O) groups is 2. The van der Waals surface area contributed by atoms with Gasteiger partial charge in [0.15, 0.2) is 0 Å². The zero-order valence-electron chi connectivity index (χ0n) is 21.9. The van der Waals surface area contributed by atoms with Gasteiger partial charge in [-0.3, -0.25) is 14.5 Å². The monoisotopic (exact) mass is 534 g/mol. The van der Waals surface area contributed by atoms with Crippen LogP contribution in [0.3, 0.4) is 0 Å². The molecule has 1 saturated heterocycles. The van der Waals surface area contributed by atoms with E-state index in [1.165, 1.54) is 11.0 Å². The normalized spacial score (nSPS) is 16.7. The van der Waals surface area contributed by atoms with Crippen molar-refractivity contribution in [3.8, 4) is 11.5 Å². The number of halogens is 1. The number of ether oxygens (including phenoxy) is 1. The molecule has 1 aliphatic rings. The first kappa shape index (κ1) is 27.1. The molecule has 1 fully saturated rings. The van der Waals surface area contributed by atoms with Crippen molar-refractivity contribution >= 4 is 40.4 Å². The van der Waals surface area contributed by atoms with E-state index in [2.05, 4.69) is 18.7 Å². The van der Waals surface area contributed by atoms with Crippen LogP contribution in [0.15, 0.2) is 66.2 Å². The molecule has 8 heteroatoms. The Bertz CT molecular complexity index is 1400. The molecule has 198 valence electrons. The summed E-state index contributed by atoms with van der Waals surface area (Å²) in [4.78, 5) is 30.4. The van der Waals surface area contributed by atoms with Gasteiger partial charge < -0.3 is 19.8 Å². The molecule has 0 saturated carbocycles. The number of amides is 1. The average Bonchev–Trinajstić information content (AvgIpc) is 3.17. The SMILES string of the molecule is CCOc1cc(/C(O)=C2/C(=O)C(=O)N(c3cc(C)ccc3O)C2c2ccc(N(CC)CC)cc2)ccc1Cl. The second kappa shape index (κ2) is 11.2. The maximum atomic E-state index is 13.5. The highest BCUT2D eigenvalue weighted by atomic mass is 35.5. The van der Waals surface area contributed by atoms with Crippen molar-refractivity contribution < 1.29 is 24.5 Å². The fraction of sp³-hybridized carbons (Fsp3) is 0.267. The second-order valence-corrected chi connectivity index (χ2v) is 9.41. The number of phenolic OH excluding ortho intramolecular Hbond substituents is 1. The molecule has 3 aromatic carbocycles. The summed E-state index contributed by atoms with van der Waals surface area (Å²) in [7, 11) is 0. The number of carbonyl (C=O) groups excluding carboxylic acids is 2. The number of benzene rings is 3. The van der Waals surface area contributed by atoms with Crippen LogP contribution in [0.4, 0.5) is 11.4 Å². The van der Waals surface area contributed by atoms with E-state index in [0.29, 0.717) is 22.9 Å². The van der Waals surface area contributed by atoms with E-state index in [0.717, 1.165) is 24.3 Å². The van der Waals surface area contributed by atoms with Crippen LogP contribution in [0, 0.1) is 6.92 Å². The van der Waals surface area contributed by atoms with Gasteiger partial charge in [-0.15, -0.1) is 0 Å². The molecule has 1 amide bonds. The molecule has 1 atom stereocenters. The van der Waals surface area contributed by atoms with Crippen LogP contribution >= 0.6 is 11.6 Å². The lowest BCUT2D eigenvalue weighted by atomic mass is 9.94. The molecular formula is C30H31ClN2O5. The van der Waals surface area contributed by atoms with E-state index in [1.54, 1.807) is 30.3 Å². The van der Waals surface area contributed by atoms with Gasteiger partial charge in [-0.25, -0.2) is 0 Å². The number of aryl methyl sites for hydroxylation is 1. The average molecular weight is 535 g/mol. The third-order valence-electron chi connectivity index (χ3n) is 6.68. The van der Waals surface area contributed by atoms with Crippen molar-refractivity contribution in [1.82, 2.24) is 0 Å². The number of aliphatic hydroxyl groups excluding tert-OH is 1. The maximum Gasteiger partial charge on any atom is 0.300 e. The van der Waals surface area contributed by atoms with Crippen molar-refractivity contribution in [3.05, 3.63) is 87.9 Å². The Balaban J connectivity index is 1.93. The van der Waals surface area contributed by atoms with Gasteiger partial charge in [0.25, 0.3) is 11.7 Å². The standard InChI is InChI=1S/C30H31ClN2O5/c1-5-32(6-2)21-12-9-19(10-13-21)27-26(28(35)20-11-14-22(31)25(17-20)38-7-3)29(36)30(37)33(27)23-16-18(4)8-15-24(23)34/h8-17,27,34-35H,5-7H2,1-4H3/b28-26-. The first-order chi connectivity index (χ1) is 18.2. The molecule has 0 spiro atoms. The minimum absolute atomic E-state index is 0.0868. The third-order valence-corrected chi connectivity index (χ3v) is 6.99. The lowest BCUT2D eigenvalue weighted by molar-refractivity contribution is -0.132. The molecule has 3 aromatic rings. The summed E-state index contributed by atoms with van der Waals surface area (Å²) in [5.74, 6) is -1.84. The van der Waals surface area contributed by atoms with Gasteiger partial charge >= 0.3 is 0 Å². The summed E-state index contributed by atoms with van der Waals surface area (Å²) < 4.78 is 5.56. The number of aromatic hydroxyl groups is 1. The van der Waals surface area contributed by atoms with E-state index in [4.69, 9.17) is 16.3 Å². The Hall–Kier alpha value is -3.97. The molecule has 1 unspecified atom stereocenters. The summed E-state index contributed by atoms with van der Waals surface area (Å²) in [6.45, 7) is 9.78. The fourth-order valence-electron chi connectivity index (χ4n) is 4.75. The van der Waals surface area contributed by atoms with Gasteiger partial charge in [0.1, 0.15) is 17.3 Å². The highest BCUT2D eigenvalue weighted by Gasteiger charge is 2.47. The molecule has 0 bridgehead atoms. The van der Waals surface area contributed by atoms with Gasteiger partial charge in [0.05, 0.1) is 28.9 Å². The molecule has 1 aliphatic heterocycles. The summed E-state index contributed by atoms with van der Waals surface area (Å²) in [5, 5.41) is 22.5. The number of rotatable bonds is 8. The summed E-state index contributed by atoms with van der Waals surface area (Å²) in [5.41, 5.74) is 2.80. The molecular weight excluding hydrogens is 504 g/mol. The Morgan fingerprint density at radius 1 is 1.00 bits per heavy atom. The lowest BCUT2D eigenvalue weighted by Gasteiger charge is -2.27. The smallest absolute Gasteiger partial charge is 0.300 e. The molecule has 1 heterocycles. The minimum Gasteiger partial charge on any atom is -0.507 e. The highest BCUT2D eigenvalue weighted by Crippen LogP contribution is 2.45. The van der Waals surface area contributed by atoms with Crippen molar-refractivity contribution in [3.63, 3.8) is 0 Å². The van der Waals surface area contributed by atoms with Crippen molar-refractivity contribution in [2.24, 2.45) is 0 Å². The van der Waals surface area contributed by atoms with Crippen molar-refractivity contribution in [1.29, 1.82) is 0 Å². The highest BCUT2D eigenvalue weighted by molar-refractivity contribution is 6.52. The Morgan fingerprint density at radius 2 is 1.68 bits per heavy atom. The van der Waals surface area contributed by atoms with Crippen LogP contribution in [0.2, 0.25) is 5.02 Å². The molecule has 38 heavy (non-hydrogen) atoms. The van der Waals surface area contributed by atoms with Crippen LogP contribution in [0.25, 0.3) is 5.76 Å². The number of aliphatic hydroxyl groups is 1. The van der Waals surface area contributed by atoms with Crippen LogP contribution in [-0.4, -0.2) is 41.6 Å². The Morgan fingerprint density at radius 3 is 2.32 bits per heavy atom. The number of nitrogens with zero attached hydrogens (tertiary/aromatic N) is 2. The van der Waals surface area contributed by atoms with E-state index in [-0.39, 0.29) is 28.3 Å². The zero-order chi connectivity index (χ0) is 27.6. The summed E-state index contributed by atoms with van der Waals surface area (Å²) >= 11 is 6.23. The predicted molar refractivity (Wildman–Crippen MR) is 150 cm³/mol. The van der Waals surface area contributed by atoms with Gasteiger partial charge in [0.2, 0.25) is 0 Å². The number of hydrogen-bond donors (Lipinski definition) is 2. The predicted octanol–water partition coefficient (Wildman–Crippen LogP) is 6.23. The van der Waals surface area contributed by atoms with Crippen LogP contribution in [0.1, 0.15) is 43.5 Å². The van der Waals surface area contributed by atoms with Gasteiger partial charge in [0, 0.05) is 24.3 Å². The topological polar surface area (TPSA) is 90.3 Å². The molecule has 0 aliphatic carbocycles. The molecule has 0 aromatic heterocycles. The van der Waals surface area contributed by atoms with E-state index >= 15 is 0 Å². The zero-order valence-corrected chi connectivity index (χ0v) is 22.6. The van der Waals surface area contributed by atoms with Crippen LogP contribution < -0.4 is 14.5 Å². The lowest BCUT2D eigenvalue weighted by Crippen LogP contribution is -2.29. The number of ketones is 1. The number of anilines is 2. The van der Waals surface area contributed by atoms with Crippen LogP contribution in [0.5, 0.6) is 11.5 Å². The number of Topliss-reactive ketones (excluding diaryl/α,β-unsaturated/α-hetero) is 1. The number of phenols is 1. The molecule has 2 N–H and O–H groups in total. The largest absolute Gasteiger partial charge is 0.507 e. The minimum atomic E-state index is -0.973. The second-order valence-electron chi connectivity index (χ2n) is 9.00. The van der Waals surface area contributed by atoms with E-state index < -0.39 is 17.7 Å². The van der Waals surface area contributed by atoms with Crippen molar-refractivity contribution in [2.75, 3.05) is 29.5 Å². The quantitative estimate of drug-likeness (QED) is 0.202.